The van der Waals surface area contributed by atoms with Gasteiger partial charge >= 0.3 is 0 Å². The van der Waals surface area contributed by atoms with Gasteiger partial charge in [0.15, 0.2) is 0 Å². The van der Waals surface area contributed by atoms with Gasteiger partial charge in [-0.1, -0.05) is 39.8 Å². The van der Waals surface area contributed by atoms with E-state index >= 15 is 0 Å². The lowest BCUT2D eigenvalue weighted by atomic mass is 9.61. The Morgan fingerprint density at radius 1 is 0.241 bits per heavy atom. The molecule has 2 nitrogen and oxygen atoms in total. The van der Waals surface area contributed by atoms with Crippen molar-refractivity contribution >= 4 is 0 Å². The topological polar surface area (TPSA) is 6.48 Å². The van der Waals surface area contributed by atoms with Crippen LogP contribution in [0.4, 0.5) is 0 Å². The van der Waals surface area contributed by atoms with Crippen molar-refractivity contribution in [2.75, 3.05) is 0 Å². The van der Waals surface area contributed by atoms with Crippen molar-refractivity contribution < 1.29 is 0 Å². The first-order valence-corrected chi connectivity index (χ1v) is 27.6. The second kappa shape index (κ2) is 20.0. The van der Waals surface area contributed by atoms with Crippen LogP contribution in [-0.4, -0.2) is 46.1 Å². The van der Waals surface area contributed by atoms with Gasteiger partial charge in [-0.05, 0) is 276 Å². The van der Waals surface area contributed by atoms with Crippen LogP contribution in [-0.2, 0) is 0 Å². The van der Waals surface area contributed by atoms with Gasteiger partial charge in [-0.25, -0.2) is 0 Å². The molecule has 0 saturated heterocycles. The summed E-state index contributed by atoms with van der Waals surface area (Å²) in [5.74, 6) is 11.9. The maximum absolute atomic E-state index is 3.23. The van der Waals surface area contributed by atoms with E-state index in [1.165, 1.54) is 161 Å². The van der Waals surface area contributed by atoms with Gasteiger partial charge in [0.05, 0.1) is 0 Å². The highest BCUT2D eigenvalue weighted by atomic mass is 15.2. The lowest BCUT2D eigenvalue weighted by molar-refractivity contribution is -0.0162. The molecule has 0 N–H and O–H groups in total. The van der Waals surface area contributed by atoms with Gasteiger partial charge in [0.1, 0.15) is 0 Å². The minimum absolute atomic E-state index is 0.886. The number of nitrogens with zero attached hydrogens (tertiary/aromatic N) is 2. The van der Waals surface area contributed by atoms with E-state index < -0.39 is 0 Å². The fourth-order valence-electron chi connectivity index (χ4n) is 17.0. The Kier molecular flexibility index (Phi) is 14.8. The van der Waals surface area contributed by atoms with Crippen LogP contribution >= 0.6 is 0 Å². The Morgan fingerprint density at radius 3 is 0.914 bits per heavy atom. The van der Waals surface area contributed by atoms with Gasteiger partial charge in [-0.3, -0.25) is 9.80 Å². The predicted molar refractivity (Wildman–Crippen MR) is 248 cm³/mol. The highest BCUT2D eigenvalue weighted by molar-refractivity contribution is 5.03. The van der Waals surface area contributed by atoms with E-state index in [1.807, 2.05) is 0 Å². The second-order valence-corrected chi connectivity index (χ2v) is 24.7. The first-order chi connectivity index (χ1) is 28.3. The maximum Gasteiger partial charge on any atom is 0.0104 e. The summed E-state index contributed by atoms with van der Waals surface area (Å²) in [6.07, 6.45) is 54.1. The van der Waals surface area contributed by atoms with E-state index in [0.29, 0.717) is 0 Å². The molecule has 0 spiro atoms. The van der Waals surface area contributed by atoms with Crippen LogP contribution in [0.3, 0.4) is 0 Å². The van der Waals surface area contributed by atoms with E-state index in [-0.39, 0.29) is 0 Å². The normalized spacial score (nSPS) is 48.4. The molecule has 9 saturated carbocycles. The standard InChI is InChI=1S/C56H96N2/c1-39-5-24-51(25-6-39)57(52-26-7-40(2)8-27-52)55-32-21-45(22-33-55)48-20-19-46-35-43(15-17-49(46)37-48)13-14-44-16-18-50-38-56(34-23-47(50)36-44)58(53-28-9-41(3)10-29-53)54-30-11-42(4)12-31-54/h13-14,39-56H,5-12,15-38H2,1-4H3/b14-13+. The molecule has 8 unspecified atom stereocenters. The SMILES string of the molecule is CC1CCC(N(C2CCC(C)CC2)C2CCC(C3CCC4CC(/C=C/C5CCC6CC(N(C7CCC(C)CC7)C7CCC(C)CC7)CCC6C5)CCC4C3)CC2)CC1. The van der Waals surface area contributed by atoms with Crippen molar-refractivity contribution in [2.24, 2.45) is 71.0 Å². The molecule has 0 aliphatic heterocycles. The van der Waals surface area contributed by atoms with Crippen molar-refractivity contribution in [3.8, 4) is 0 Å². The Labute approximate surface area is 361 Å². The van der Waals surface area contributed by atoms with Crippen LogP contribution < -0.4 is 0 Å². The van der Waals surface area contributed by atoms with Gasteiger partial charge in [0.2, 0.25) is 0 Å². The molecule has 2 heteroatoms. The lowest BCUT2D eigenvalue weighted by Gasteiger charge is -2.52. The van der Waals surface area contributed by atoms with Crippen molar-refractivity contribution in [3.63, 3.8) is 0 Å². The molecule has 58 heavy (non-hydrogen) atoms. The Morgan fingerprint density at radius 2 is 0.500 bits per heavy atom. The molecule has 0 aromatic rings. The van der Waals surface area contributed by atoms with Crippen molar-refractivity contribution in [1.82, 2.24) is 9.80 Å². The predicted octanol–water partition coefficient (Wildman–Crippen LogP) is 15.4. The molecular formula is C56H96N2. The zero-order chi connectivity index (χ0) is 39.6. The second-order valence-electron chi connectivity index (χ2n) is 24.7. The highest BCUT2D eigenvalue weighted by Crippen LogP contribution is 2.51. The van der Waals surface area contributed by atoms with Crippen LogP contribution in [0.1, 0.15) is 233 Å². The fourth-order valence-corrected chi connectivity index (χ4v) is 17.0. The molecule has 0 amide bonds. The lowest BCUT2D eigenvalue weighted by Crippen LogP contribution is -2.54. The first-order valence-electron chi connectivity index (χ1n) is 27.6. The van der Waals surface area contributed by atoms with Crippen LogP contribution in [0.15, 0.2) is 12.2 Å². The molecule has 9 aliphatic carbocycles. The van der Waals surface area contributed by atoms with Crippen molar-refractivity contribution in [3.05, 3.63) is 12.2 Å². The van der Waals surface area contributed by atoms with Crippen LogP contribution in [0, 0.1) is 71.0 Å². The average Bonchev–Trinajstić information content (AvgIpc) is 3.26. The summed E-state index contributed by atoms with van der Waals surface area (Å²) in [5, 5.41) is 0. The summed E-state index contributed by atoms with van der Waals surface area (Å²) in [7, 11) is 0. The van der Waals surface area contributed by atoms with Crippen molar-refractivity contribution in [1.29, 1.82) is 0 Å². The largest absolute Gasteiger partial charge is 0.294 e. The molecule has 0 aromatic heterocycles. The maximum atomic E-state index is 3.23. The monoisotopic (exact) mass is 797 g/mol. The van der Waals surface area contributed by atoms with E-state index in [2.05, 4.69) is 49.6 Å². The minimum Gasteiger partial charge on any atom is -0.294 e. The Hall–Kier alpha value is -0.340. The zero-order valence-electron chi connectivity index (χ0n) is 39.1. The minimum atomic E-state index is 0.886. The summed E-state index contributed by atoms with van der Waals surface area (Å²) in [4.78, 5) is 6.46. The van der Waals surface area contributed by atoms with Crippen LogP contribution in [0.2, 0.25) is 0 Å². The average molecular weight is 797 g/mol. The number of fused-ring (bicyclic) bond motifs is 2. The molecule has 330 valence electrons. The fraction of sp³-hybridized carbons (Fsp3) is 0.964. The summed E-state index contributed by atoms with van der Waals surface area (Å²) in [5.41, 5.74) is 0. The number of hydrogen-bond acceptors (Lipinski definition) is 2. The van der Waals surface area contributed by atoms with E-state index in [4.69, 9.17) is 0 Å². The summed E-state index contributed by atoms with van der Waals surface area (Å²) in [6.45, 7) is 10.1. The smallest absolute Gasteiger partial charge is 0.0104 e. The Balaban J connectivity index is 0.719. The third kappa shape index (κ3) is 10.4. The molecule has 0 radical (unpaired) electrons. The molecule has 0 aromatic carbocycles. The molecule has 9 fully saturated rings. The molecule has 8 atom stereocenters. The zero-order valence-corrected chi connectivity index (χ0v) is 39.1. The van der Waals surface area contributed by atoms with E-state index in [1.54, 1.807) is 44.9 Å². The summed E-state index contributed by atoms with van der Waals surface area (Å²) >= 11 is 0. The number of hydrogen-bond donors (Lipinski definition) is 0. The summed E-state index contributed by atoms with van der Waals surface area (Å²) < 4.78 is 0. The quantitative estimate of drug-likeness (QED) is 0.214. The van der Waals surface area contributed by atoms with Crippen molar-refractivity contribution in [2.45, 2.75) is 269 Å². The van der Waals surface area contributed by atoms with E-state index in [9.17, 15) is 0 Å². The van der Waals surface area contributed by atoms with Gasteiger partial charge in [-0.2, -0.15) is 0 Å². The molecule has 0 heterocycles. The van der Waals surface area contributed by atoms with Gasteiger partial charge in [0, 0.05) is 36.3 Å². The third-order valence-electron chi connectivity index (χ3n) is 20.9. The van der Waals surface area contributed by atoms with E-state index in [0.717, 1.165) is 107 Å². The molecule has 9 rings (SSSR count). The molecular weight excluding hydrogens is 701 g/mol. The number of rotatable bonds is 9. The van der Waals surface area contributed by atoms with Gasteiger partial charge < -0.3 is 0 Å². The first kappa shape index (κ1) is 42.9. The van der Waals surface area contributed by atoms with Crippen LogP contribution in [0.25, 0.3) is 0 Å². The molecule has 0 bridgehead atoms. The third-order valence-corrected chi connectivity index (χ3v) is 20.9. The molecule has 9 aliphatic rings. The van der Waals surface area contributed by atoms with Crippen LogP contribution in [0.5, 0.6) is 0 Å². The summed E-state index contributed by atoms with van der Waals surface area (Å²) in [6, 6.07) is 5.44. The Bertz CT molecular complexity index is 1200. The highest BCUT2D eigenvalue weighted by Gasteiger charge is 2.44. The van der Waals surface area contributed by atoms with Gasteiger partial charge in [-0.15, -0.1) is 0 Å². The van der Waals surface area contributed by atoms with Gasteiger partial charge in [0.25, 0.3) is 0 Å². The number of allylic oxidation sites excluding steroid dienone is 2.